The molecule has 0 atom stereocenters. The molecule has 0 heterocycles. The predicted molar refractivity (Wildman–Crippen MR) is 114 cm³/mol. The van der Waals surface area contributed by atoms with Gasteiger partial charge in [-0.05, 0) is 62.1 Å². The Morgan fingerprint density at radius 2 is 1.72 bits per heavy atom. The van der Waals surface area contributed by atoms with Gasteiger partial charge in [-0.3, -0.25) is 4.79 Å². The Balaban J connectivity index is 1.63. The zero-order chi connectivity index (χ0) is 20.7. The van der Waals surface area contributed by atoms with Crippen LogP contribution < -0.4 is 14.8 Å². The Hall–Kier alpha value is -2.38. The van der Waals surface area contributed by atoms with Crippen LogP contribution in [0.5, 0.6) is 5.75 Å². The van der Waals surface area contributed by atoms with Gasteiger partial charge in [0.15, 0.2) is 0 Å². The van der Waals surface area contributed by atoms with Gasteiger partial charge >= 0.3 is 0 Å². The summed E-state index contributed by atoms with van der Waals surface area (Å²) in [4.78, 5) is 12.7. The van der Waals surface area contributed by atoms with Gasteiger partial charge < -0.3 is 10.1 Å². The molecule has 1 fully saturated rings. The van der Waals surface area contributed by atoms with Crippen LogP contribution in [-0.4, -0.2) is 27.5 Å². The van der Waals surface area contributed by atoms with E-state index in [0.29, 0.717) is 36.1 Å². The van der Waals surface area contributed by atoms with E-state index >= 15 is 0 Å². The van der Waals surface area contributed by atoms with Gasteiger partial charge in [0.05, 0.1) is 17.2 Å². The summed E-state index contributed by atoms with van der Waals surface area (Å²) in [6.07, 6.45) is 5.72. The lowest BCUT2D eigenvalue weighted by atomic mass is 9.90. The van der Waals surface area contributed by atoms with Gasteiger partial charge in [-0.15, -0.1) is 0 Å². The lowest BCUT2D eigenvalue weighted by Gasteiger charge is -2.21. The maximum atomic E-state index is 12.5. The van der Waals surface area contributed by atoms with Gasteiger partial charge in [-0.1, -0.05) is 31.4 Å². The minimum Gasteiger partial charge on any atom is -0.492 e. The number of sulfonamides is 1. The molecule has 3 rings (SSSR count). The molecule has 6 nitrogen and oxygen atoms in total. The van der Waals surface area contributed by atoms with Crippen molar-refractivity contribution >= 4 is 21.6 Å². The van der Waals surface area contributed by atoms with Gasteiger partial charge in [0, 0.05) is 12.1 Å². The van der Waals surface area contributed by atoms with Crippen LogP contribution in [0, 0.1) is 5.92 Å². The van der Waals surface area contributed by atoms with Gasteiger partial charge in [0.25, 0.3) is 5.91 Å². The first kappa shape index (κ1) is 21.3. The van der Waals surface area contributed by atoms with Crippen molar-refractivity contribution in [1.29, 1.82) is 0 Å². The maximum Gasteiger partial charge on any atom is 0.255 e. The molecule has 0 spiro atoms. The highest BCUT2D eigenvalue weighted by molar-refractivity contribution is 7.89. The molecule has 0 bridgehead atoms. The van der Waals surface area contributed by atoms with Crippen molar-refractivity contribution in [3.05, 3.63) is 54.1 Å². The zero-order valence-electron chi connectivity index (χ0n) is 16.7. The second-order valence-corrected chi connectivity index (χ2v) is 9.03. The Labute approximate surface area is 172 Å². The molecule has 156 valence electrons. The lowest BCUT2D eigenvalue weighted by Crippen LogP contribution is -2.30. The summed E-state index contributed by atoms with van der Waals surface area (Å²) < 4.78 is 33.3. The molecule has 2 aromatic rings. The summed E-state index contributed by atoms with van der Waals surface area (Å²) in [5, 5.41) is 2.81. The molecule has 2 N–H and O–H groups in total. The molecule has 1 aliphatic carbocycles. The van der Waals surface area contributed by atoms with Crippen molar-refractivity contribution in [2.75, 3.05) is 18.5 Å². The van der Waals surface area contributed by atoms with Crippen LogP contribution >= 0.6 is 0 Å². The third-order valence-electron chi connectivity index (χ3n) is 5.15. The summed E-state index contributed by atoms with van der Waals surface area (Å²) in [7, 11) is -3.58. The summed E-state index contributed by atoms with van der Waals surface area (Å²) in [6.45, 7) is 2.84. The van der Waals surface area contributed by atoms with Gasteiger partial charge in [-0.25, -0.2) is 13.1 Å². The van der Waals surface area contributed by atoms with Crippen LogP contribution in [0.4, 0.5) is 5.69 Å². The van der Waals surface area contributed by atoms with Crippen LogP contribution in [0.25, 0.3) is 0 Å². The summed E-state index contributed by atoms with van der Waals surface area (Å²) in [5.74, 6) is 0.680. The van der Waals surface area contributed by atoms with E-state index in [4.69, 9.17) is 4.74 Å². The summed E-state index contributed by atoms with van der Waals surface area (Å²) in [5.41, 5.74) is 0.952. The molecule has 0 radical (unpaired) electrons. The number of carbonyl (C=O) groups is 1. The number of amides is 1. The zero-order valence-corrected chi connectivity index (χ0v) is 17.5. The largest absolute Gasteiger partial charge is 0.492 e. The fourth-order valence-corrected chi connectivity index (χ4v) is 4.65. The van der Waals surface area contributed by atoms with Crippen LogP contribution in [0.15, 0.2) is 53.4 Å². The number of rotatable bonds is 8. The highest BCUT2D eigenvalue weighted by Crippen LogP contribution is 2.25. The first-order chi connectivity index (χ1) is 14.0. The highest BCUT2D eigenvalue weighted by atomic mass is 32.2. The monoisotopic (exact) mass is 416 g/mol. The minimum absolute atomic E-state index is 0.166. The van der Waals surface area contributed by atoms with Crippen LogP contribution in [0.1, 0.15) is 49.4 Å². The third kappa shape index (κ3) is 5.81. The van der Waals surface area contributed by atoms with Crippen molar-refractivity contribution < 1.29 is 17.9 Å². The highest BCUT2D eigenvalue weighted by Gasteiger charge is 2.19. The van der Waals surface area contributed by atoms with E-state index in [2.05, 4.69) is 10.0 Å². The van der Waals surface area contributed by atoms with Crippen molar-refractivity contribution in [3.8, 4) is 5.75 Å². The van der Waals surface area contributed by atoms with Crippen LogP contribution in [0.2, 0.25) is 0 Å². The van der Waals surface area contributed by atoms with E-state index in [-0.39, 0.29) is 10.8 Å². The van der Waals surface area contributed by atoms with E-state index in [9.17, 15) is 13.2 Å². The second kappa shape index (κ2) is 9.89. The molecule has 0 saturated heterocycles. The molecule has 1 amide bonds. The molecular weight excluding hydrogens is 388 g/mol. The Morgan fingerprint density at radius 3 is 2.41 bits per heavy atom. The van der Waals surface area contributed by atoms with Crippen molar-refractivity contribution in [2.45, 2.75) is 43.9 Å². The van der Waals surface area contributed by atoms with E-state index in [0.717, 1.165) is 12.8 Å². The first-order valence-electron chi connectivity index (χ1n) is 10.1. The molecule has 1 aliphatic rings. The van der Waals surface area contributed by atoms with E-state index < -0.39 is 10.0 Å². The molecule has 2 aromatic carbocycles. The fraction of sp³-hybridized carbons (Fsp3) is 0.409. The smallest absolute Gasteiger partial charge is 0.255 e. The molecule has 0 aliphatic heterocycles. The number of para-hydroxylation sites is 2. The van der Waals surface area contributed by atoms with E-state index in [1.807, 2.05) is 19.1 Å². The number of nitrogens with one attached hydrogen (secondary N) is 2. The number of ether oxygens (including phenoxy) is 1. The van der Waals surface area contributed by atoms with Gasteiger partial charge in [-0.2, -0.15) is 0 Å². The Bertz CT molecular complexity index is 920. The normalized spacial score (nSPS) is 15.1. The van der Waals surface area contributed by atoms with Gasteiger partial charge in [0.1, 0.15) is 5.75 Å². The Kier molecular flexibility index (Phi) is 7.28. The molecule has 1 saturated carbocycles. The number of anilines is 1. The second-order valence-electron chi connectivity index (χ2n) is 7.26. The minimum atomic E-state index is -3.58. The van der Waals surface area contributed by atoms with E-state index in [1.165, 1.54) is 43.5 Å². The fourth-order valence-electron chi connectivity index (χ4n) is 3.53. The number of benzene rings is 2. The van der Waals surface area contributed by atoms with Crippen molar-refractivity contribution in [3.63, 3.8) is 0 Å². The average Bonchev–Trinajstić information content (AvgIpc) is 2.75. The molecular formula is C22H28N2O4S. The van der Waals surface area contributed by atoms with Crippen molar-refractivity contribution in [1.82, 2.24) is 4.72 Å². The number of hydrogen-bond acceptors (Lipinski definition) is 4. The summed E-state index contributed by atoms with van der Waals surface area (Å²) in [6, 6.07) is 13.2. The number of carbonyl (C=O) groups excluding carboxylic acids is 1. The quantitative estimate of drug-likeness (QED) is 0.676. The van der Waals surface area contributed by atoms with Crippen LogP contribution in [-0.2, 0) is 10.0 Å². The topological polar surface area (TPSA) is 84.5 Å². The lowest BCUT2D eigenvalue weighted by molar-refractivity contribution is 0.102. The first-order valence-corrected chi connectivity index (χ1v) is 11.6. The standard InChI is InChI=1S/C22H28N2O4S/c1-2-28-21-11-7-6-10-20(21)24-22(25)18-12-14-19(15-13-18)29(26,27)23-16-17-8-4-3-5-9-17/h6-7,10-15,17,23H,2-5,8-9,16H2,1H3,(H,24,25). The van der Waals surface area contributed by atoms with E-state index in [1.54, 1.807) is 12.1 Å². The average molecular weight is 417 g/mol. The van der Waals surface area contributed by atoms with Crippen molar-refractivity contribution in [2.24, 2.45) is 5.92 Å². The third-order valence-corrected chi connectivity index (χ3v) is 6.59. The SMILES string of the molecule is CCOc1ccccc1NC(=O)c1ccc(S(=O)(=O)NCC2CCCCC2)cc1. The molecule has 0 unspecified atom stereocenters. The number of hydrogen-bond donors (Lipinski definition) is 2. The predicted octanol–water partition coefficient (Wildman–Crippen LogP) is 4.20. The molecule has 29 heavy (non-hydrogen) atoms. The van der Waals surface area contributed by atoms with Crippen LogP contribution in [0.3, 0.4) is 0 Å². The molecule has 0 aromatic heterocycles. The summed E-state index contributed by atoms with van der Waals surface area (Å²) >= 11 is 0. The van der Waals surface area contributed by atoms with Gasteiger partial charge in [0.2, 0.25) is 10.0 Å². The molecule has 7 heteroatoms. The maximum absolute atomic E-state index is 12.5. The Morgan fingerprint density at radius 1 is 1.03 bits per heavy atom.